The summed E-state index contributed by atoms with van der Waals surface area (Å²) in [6, 6.07) is 2.78. The fourth-order valence-electron chi connectivity index (χ4n) is 3.29. The molecule has 0 radical (unpaired) electrons. The SMILES string of the molecule is CC(NC(=O)C(CCC(=O)O)NC(=O)C(CS)NC(=O)C(N)Cc1c[nH]c2ccccc12)C(=O)O. The number of rotatable bonds is 13. The third kappa shape index (κ3) is 8.00. The van der Waals surface area contributed by atoms with E-state index in [-0.39, 0.29) is 18.6 Å². The molecule has 4 unspecified atom stereocenters. The Balaban J connectivity index is 2.03. The Morgan fingerprint density at radius 3 is 2.26 bits per heavy atom. The van der Waals surface area contributed by atoms with Gasteiger partial charge in [0.15, 0.2) is 0 Å². The molecule has 0 saturated carbocycles. The summed E-state index contributed by atoms with van der Waals surface area (Å²) in [6.45, 7) is 1.22. The summed E-state index contributed by atoms with van der Waals surface area (Å²) >= 11 is 4.08. The Labute approximate surface area is 206 Å². The Bertz CT molecular complexity index is 1090. The highest BCUT2D eigenvalue weighted by Gasteiger charge is 2.29. The highest BCUT2D eigenvalue weighted by Crippen LogP contribution is 2.18. The molecule has 0 saturated heterocycles. The molecule has 0 aliphatic rings. The first-order valence-electron chi connectivity index (χ1n) is 10.8. The van der Waals surface area contributed by atoms with Crippen LogP contribution in [0.25, 0.3) is 10.9 Å². The monoisotopic (exact) mass is 507 g/mol. The van der Waals surface area contributed by atoms with E-state index in [0.29, 0.717) is 0 Å². The zero-order chi connectivity index (χ0) is 26.1. The van der Waals surface area contributed by atoms with Gasteiger partial charge in [0, 0.05) is 29.3 Å². The number of amides is 3. The van der Waals surface area contributed by atoms with Crippen LogP contribution in [0.1, 0.15) is 25.3 Å². The largest absolute Gasteiger partial charge is 0.481 e. The minimum Gasteiger partial charge on any atom is -0.481 e. The van der Waals surface area contributed by atoms with Gasteiger partial charge in [-0.1, -0.05) is 18.2 Å². The van der Waals surface area contributed by atoms with Crippen LogP contribution in [0.2, 0.25) is 0 Å². The van der Waals surface area contributed by atoms with Gasteiger partial charge in [-0.25, -0.2) is 0 Å². The lowest BCUT2D eigenvalue weighted by atomic mass is 10.0. The number of thiol groups is 1. The van der Waals surface area contributed by atoms with E-state index in [2.05, 4.69) is 33.6 Å². The number of nitrogens with one attached hydrogen (secondary N) is 4. The number of para-hydroxylation sites is 1. The maximum Gasteiger partial charge on any atom is 0.325 e. The number of carboxylic acid groups (broad SMARTS) is 2. The Hall–Kier alpha value is -3.58. The van der Waals surface area contributed by atoms with Crippen LogP contribution in [0.15, 0.2) is 30.5 Å². The third-order valence-electron chi connectivity index (χ3n) is 5.28. The topological polar surface area (TPSA) is 204 Å². The van der Waals surface area contributed by atoms with Gasteiger partial charge in [-0.2, -0.15) is 12.6 Å². The molecule has 2 aromatic rings. The number of aromatic amines is 1. The van der Waals surface area contributed by atoms with Gasteiger partial charge in [0.25, 0.3) is 0 Å². The minimum absolute atomic E-state index is 0.129. The molecule has 0 bridgehead atoms. The third-order valence-corrected chi connectivity index (χ3v) is 5.64. The van der Waals surface area contributed by atoms with Gasteiger partial charge in [-0.05, 0) is 31.4 Å². The van der Waals surface area contributed by atoms with Crippen molar-refractivity contribution in [1.82, 2.24) is 20.9 Å². The van der Waals surface area contributed by atoms with Crippen LogP contribution in [-0.2, 0) is 30.4 Å². The van der Waals surface area contributed by atoms with Crippen molar-refractivity contribution in [2.75, 3.05) is 5.75 Å². The van der Waals surface area contributed by atoms with Gasteiger partial charge >= 0.3 is 11.9 Å². The predicted molar refractivity (Wildman–Crippen MR) is 130 cm³/mol. The summed E-state index contributed by atoms with van der Waals surface area (Å²) in [5, 5.41) is 25.9. The summed E-state index contributed by atoms with van der Waals surface area (Å²) in [4.78, 5) is 62.9. The summed E-state index contributed by atoms with van der Waals surface area (Å²) < 4.78 is 0. The standard InChI is InChI=1S/C22H29N5O7S/c1-11(22(33)34)25-20(31)16(6-7-18(28)29)26-21(32)17(10-35)27-19(30)14(23)8-12-9-24-15-5-3-2-4-13(12)15/h2-5,9,11,14,16-17,24,35H,6-8,10,23H2,1H3,(H,25,31)(H,26,32)(H,27,30)(H,28,29)(H,33,34). The molecule has 4 atom stereocenters. The molecular formula is C22H29N5O7S. The first-order chi connectivity index (χ1) is 16.5. The number of fused-ring (bicyclic) bond motifs is 1. The van der Waals surface area contributed by atoms with E-state index in [9.17, 15) is 24.0 Å². The average Bonchev–Trinajstić information content (AvgIpc) is 3.22. The fourth-order valence-corrected chi connectivity index (χ4v) is 3.54. The smallest absolute Gasteiger partial charge is 0.325 e. The quantitative estimate of drug-likeness (QED) is 0.164. The average molecular weight is 508 g/mol. The maximum atomic E-state index is 12.7. The minimum atomic E-state index is -1.33. The molecule has 0 fully saturated rings. The molecule has 1 aromatic heterocycles. The lowest BCUT2D eigenvalue weighted by Gasteiger charge is -2.23. The van der Waals surface area contributed by atoms with Crippen LogP contribution in [0.4, 0.5) is 0 Å². The van der Waals surface area contributed by atoms with E-state index >= 15 is 0 Å². The van der Waals surface area contributed by atoms with Crippen LogP contribution in [0.5, 0.6) is 0 Å². The lowest BCUT2D eigenvalue weighted by Crippen LogP contribution is -2.57. The molecule has 0 spiro atoms. The number of aromatic nitrogens is 1. The zero-order valence-corrected chi connectivity index (χ0v) is 19.9. The molecule has 0 aliphatic heterocycles. The fraction of sp³-hybridized carbons (Fsp3) is 0.409. The molecule has 8 N–H and O–H groups in total. The van der Waals surface area contributed by atoms with Gasteiger partial charge in [0.2, 0.25) is 17.7 Å². The lowest BCUT2D eigenvalue weighted by molar-refractivity contribution is -0.142. The zero-order valence-electron chi connectivity index (χ0n) is 19.0. The first kappa shape index (κ1) is 27.7. The number of carbonyl (C=O) groups excluding carboxylic acids is 3. The van der Waals surface area contributed by atoms with Crippen molar-refractivity contribution in [3.8, 4) is 0 Å². The van der Waals surface area contributed by atoms with Crippen molar-refractivity contribution in [2.45, 2.75) is 50.4 Å². The molecule has 3 amide bonds. The second kappa shape index (κ2) is 12.8. The van der Waals surface area contributed by atoms with E-state index < -0.39 is 60.2 Å². The van der Waals surface area contributed by atoms with Crippen molar-refractivity contribution in [2.24, 2.45) is 5.73 Å². The predicted octanol–water partition coefficient (Wildman–Crippen LogP) is -0.609. The number of H-pyrrole nitrogens is 1. The number of hydrogen-bond donors (Lipinski definition) is 8. The van der Waals surface area contributed by atoms with E-state index in [1.165, 1.54) is 6.92 Å². The highest BCUT2D eigenvalue weighted by atomic mass is 32.1. The Morgan fingerprint density at radius 1 is 1.00 bits per heavy atom. The van der Waals surface area contributed by atoms with Crippen LogP contribution >= 0.6 is 12.6 Å². The summed E-state index contributed by atoms with van der Waals surface area (Å²) in [5.41, 5.74) is 7.77. The number of carboxylic acids is 2. The first-order valence-corrected chi connectivity index (χ1v) is 11.4. The molecule has 190 valence electrons. The summed E-state index contributed by atoms with van der Waals surface area (Å²) in [7, 11) is 0. The number of carbonyl (C=O) groups is 5. The number of hydrogen-bond acceptors (Lipinski definition) is 7. The van der Waals surface area contributed by atoms with Crippen LogP contribution < -0.4 is 21.7 Å². The molecule has 1 heterocycles. The molecular weight excluding hydrogens is 478 g/mol. The van der Waals surface area contributed by atoms with Gasteiger partial charge < -0.3 is 36.9 Å². The molecule has 12 nitrogen and oxygen atoms in total. The number of nitrogens with two attached hydrogens (primary N) is 1. The van der Waals surface area contributed by atoms with Gasteiger partial charge in [0.05, 0.1) is 6.04 Å². The normalized spacial score (nSPS) is 14.4. The van der Waals surface area contributed by atoms with Crippen molar-refractivity contribution in [3.63, 3.8) is 0 Å². The second-order valence-corrected chi connectivity index (χ2v) is 8.34. The Morgan fingerprint density at radius 2 is 1.63 bits per heavy atom. The second-order valence-electron chi connectivity index (χ2n) is 7.98. The molecule has 35 heavy (non-hydrogen) atoms. The van der Waals surface area contributed by atoms with Gasteiger partial charge in [-0.15, -0.1) is 0 Å². The van der Waals surface area contributed by atoms with Crippen LogP contribution in [0.3, 0.4) is 0 Å². The van der Waals surface area contributed by atoms with E-state index in [4.69, 9.17) is 15.9 Å². The van der Waals surface area contributed by atoms with E-state index in [1.54, 1.807) is 6.20 Å². The van der Waals surface area contributed by atoms with Gasteiger partial charge in [0.1, 0.15) is 18.1 Å². The van der Waals surface area contributed by atoms with Crippen LogP contribution in [0, 0.1) is 0 Å². The highest BCUT2D eigenvalue weighted by molar-refractivity contribution is 7.80. The van der Waals surface area contributed by atoms with Crippen molar-refractivity contribution < 1.29 is 34.2 Å². The summed E-state index contributed by atoms with van der Waals surface area (Å²) in [6.07, 6.45) is 1.22. The molecule has 1 aromatic carbocycles. The number of benzene rings is 1. The van der Waals surface area contributed by atoms with Crippen LogP contribution in [-0.4, -0.2) is 74.8 Å². The van der Waals surface area contributed by atoms with Crippen molar-refractivity contribution in [1.29, 1.82) is 0 Å². The molecule has 0 aliphatic carbocycles. The van der Waals surface area contributed by atoms with Crippen molar-refractivity contribution in [3.05, 3.63) is 36.0 Å². The van der Waals surface area contributed by atoms with E-state index in [1.807, 2.05) is 24.3 Å². The van der Waals surface area contributed by atoms with E-state index in [0.717, 1.165) is 16.5 Å². The molecule has 2 rings (SSSR count). The summed E-state index contributed by atoms with van der Waals surface area (Å²) in [5.74, 6) is -4.90. The Kier molecular flexibility index (Phi) is 10.1. The van der Waals surface area contributed by atoms with Crippen molar-refractivity contribution >= 4 is 53.2 Å². The van der Waals surface area contributed by atoms with Gasteiger partial charge in [-0.3, -0.25) is 24.0 Å². The molecule has 13 heteroatoms. The number of aliphatic carboxylic acids is 2. The maximum absolute atomic E-state index is 12.7.